The average Bonchev–Trinajstić information content (AvgIpc) is 2.26. The Morgan fingerprint density at radius 2 is 2.06 bits per heavy atom. The van der Waals surface area contributed by atoms with Crippen LogP contribution in [0.3, 0.4) is 0 Å². The van der Waals surface area contributed by atoms with Crippen molar-refractivity contribution in [3.8, 4) is 6.07 Å². The van der Waals surface area contributed by atoms with Gasteiger partial charge in [0, 0.05) is 5.02 Å². The topological polar surface area (TPSA) is 35.8 Å². The summed E-state index contributed by atoms with van der Waals surface area (Å²) in [6, 6.07) is 5.67. The van der Waals surface area contributed by atoms with Crippen LogP contribution < -0.4 is 5.32 Å². The molecule has 1 N–H and O–H groups in total. The highest BCUT2D eigenvalue weighted by molar-refractivity contribution is 6.30. The van der Waals surface area contributed by atoms with E-state index in [2.05, 4.69) is 5.32 Å². The van der Waals surface area contributed by atoms with Gasteiger partial charge in [0.15, 0.2) is 0 Å². The lowest BCUT2D eigenvalue weighted by Crippen LogP contribution is -2.34. The van der Waals surface area contributed by atoms with Crippen molar-refractivity contribution < 1.29 is 17.6 Å². The largest absolute Gasteiger partial charge is 0.378 e. The van der Waals surface area contributed by atoms with Crippen molar-refractivity contribution in [2.45, 2.75) is 12.3 Å². The molecule has 0 saturated heterocycles. The van der Waals surface area contributed by atoms with Crippen LogP contribution in [0.4, 0.5) is 23.2 Å². The maximum absolute atomic E-state index is 12.6. The standard InChI is InChI=1S/C10H7ClF4N2/c11-7-2-1-6(4-16)8(3-7)17-5-10(14,15)9(12)13/h1-3,9,17H,5H2. The minimum atomic E-state index is -4.16. The first kappa shape index (κ1) is 13.6. The molecule has 2 nitrogen and oxygen atoms in total. The Balaban J connectivity index is 2.83. The van der Waals surface area contributed by atoms with E-state index in [1.165, 1.54) is 18.2 Å². The summed E-state index contributed by atoms with van der Waals surface area (Å²) in [5, 5.41) is 11.0. The van der Waals surface area contributed by atoms with E-state index in [0.29, 0.717) is 0 Å². The van der Waals surface area contributed by atoms with Crippen molar-refractivity contribution in [1.82, 2.24) is 0 Å². The minimum Gasteiger partial charge on any atom is -0.378 e. The van der Waals surface area contributed by atoms with Crippen molar-refractivity contribution >= 4 is 17.3 Å². The Kier molecular flexibility index (Phi) is 4.18. The second kappa shape index (κ2) is 5.23. The molecule has 0 aliphatic carbocycles. The number of benzene rings is 1. The van der Waals surface area contributed by atoms with E-state index in [0.717, 1.165) is 0 Å². The zero-order valence-electron chi connectivity index (χ0n) is 8.35. The predicted octanol–water partition coefficient (Wildman–Crippen LogP) is 3.52. The van der Waals surface area contributed by atoms with Gasteiger partial charge >= 0.3 is 12.3 Å². The van der Waals surface area contributed by atoms with Crippen LogP contribution in [0.1, 0.15) is 5.56 Å². The molecule has 0 aliphatic heterocycles. The summed E-state index contributed by atoms with van der Waals surface area (Å²) in [5.41, 5.74) is 0.0554. The minimum absolute atomic E-state index is 0.000301. The lowest BCUT2D eigenvalue weighted by molar-refractivity contribution is -0.117. The second-order valence-corrected chi connectivity index (χ2v) is 3.65. The summed E-state index contributed by atoms with van der Waals surface area (Å²) in [6.45, 7) is -1.26. The van der Waals surface area contributed by atoms with Gasteiger partial charge in [-0.15, -0.1) is 0 Å². The Hall–Kier alpha value is -1.48. The number of hydrogen-bond acceptors (Lipinski definition) is 2. The molecule has 92 valence electrons. The monoisotopic (exact) mass is 266 g/mol. The van der Waals surface area contributed by atoms with Crippen molar-refractivity contribution in [2.75, 3.05) is 11.9 Å². The average molecular weight is 267 g/mol. The molecule has 0 spiro atoms. The molecule has 0 bridgehead atoms. The van der Waals surface area contributed by atoms with Crippen LogP contribution in [0.25, 0.3) is 0 Å². The maximum atomic E-state index is 12.6. The van der Waals surface area contributed by atoms with Crippen molar-refractivity contribution in [1.29, 1.82) is 5.26 Å². The molecular formula is C10H7ClF4N2. The molecule has 0 fully saturated rings. The molecule has 1 rings (SSSR count). The van der Waals surface area contributed by atoms with Crippen LogP contribution in [0.15, 0.2) is 18.2 Å². The van der Waals surface area contributed by atoms with Crippen LogP contribution in [0.2, 0.25) is 5.02 Å². The van der Waals surface area contributed by atoms with Gasteiger partial charge in [-0.3, -0.25) is 0 Å². The van der Waals surface area contributed by atoms with E-state index in [4.69, 9.17) is 16.9 Å². The number of nitriles is 1. The molecule has 0 amide bonds. The third-order valence-corrected chi connectivity index (χ3v) is 2.17. The number of rotatable bonds is 4. The second-order valence-electron chi connectivity index (χ2n) is 3.22. The van der Waals surface area contributed by atoms with E-state index in [9.17, 15) is 17.6 Å². The molecule has 0 heterocycles. The van der Waals surface area contributed by atoms with Crippen molar-refractivity contribution in [2.24, 2.45) is 0 Å². The molecule has 1 aromatic rings. The summed E-state index contributed by atoms with van der Waals surface area (Å²) >= 11 is 5.60. The SMILES string of the molecule is N#Cc1ccc(Cl)cc1NCC(F)(F)C(F)F. The molecule has 0 saturated carbocycles. The number of alkyl halides is 4. The van der Waals surface area contributed by atoms with E-state index in [1.807, 2.05) is 0 Å². The van der Waals surface area contributed by atoms with Gasteiger partial charge in [0.1, 0.15) is 6.07 Å². The van der Waals surface area contributed by atoms with Crippen LogP contribution in [0.5, 0.6) is 0 Å². The van der Waals surface area contributed by atoms with Gasteiger partial charge in [0.05, 0.1) is 17.8 Å². The maximum Gasteiger partial charge on any atom is 0.324 e. The number of halogens is 5. The molecule has 17 heavy (non-hydrogen) atoms. The summed E-state index contributed by atoms with van der Waals surface area (Å²) < 4.78 is 49.1. The summed E-state index contributed by atoms with van der Waals surface area (Å²) in [7, 11) is 0. The van der Waals surface area contributed by atoms with Gasteiger partial charge in [-0.2, -0.15) is 14.0 Å². The summed E-state index contributed by atoms with van der Waals surface area (Å²) in [6.07, 6.45) is -3.76. The fraction of sp³-hybridized carbons (Fsp3) is 0.300. The van der Waals surface area contributed by atoms with Crippen LogP contribution in [0, 0.1) is 11.3 Å². The molecule has 0 atom stereocenters. The predicted molar refractivity (Wildman–Crippen MR) is 55.6 cm³/mol. The van der Waals surface area contributed by atoms with Crippen molar-refractivity contribution in [3.05, 3.63) is 28.8 Å². The van der Waals surface area contributed by atoms with Gasteiger partial charge in [-0.05, 0) is 18.2 Å². The number of nitrogens with one attached hydrogen (secondary N) is 1. The van der Waals surface area contributed by atoms with Crippen LogP contribution >= 0.6 is 11.6 Å². The smallest absolute Gasteiger partial charge is 0.324 e. The van der Waals surface area contributed by atoms with Gasteiger partial charge in [0.2, 0.25) is 0 Å². The first-order valence-electron chi connectivity index (χ1n) is 4.46. The lowest BCUT2D eigenvalue weighted by Gasteiger charge is -2.17. The number of anilines is 1. The molecular weight excluding hydrogens is 260 g/mol. The Labute approximate surface area is 99.8 Å². The third kappa shape index (κ3) is 3.49. The Bertz CT molecular complexity index is 442. The zero-order valence-corrected chi connectivity index (χ0v) is 9.11. The quantitative estimate of drug-likeness (QED) is 0.847. The first-order valence-corrected chi connectivity index (χ1v) is 4.84. The highest BCUT2D eigenvalue weighted by atomic mass is 35.5. The fourth-order valence-electron chi connectivity index (χ4n) is 1.05. The van der Waals surface area contributed by atoms with Crippen LogP contribution in [-0.4, -0.2) is 18.9 Å². The third-order valence-electron chi connectivity index (χ3n) is 1.94. The molecule has 0 aromatic heterocycles. The lowest BCUT2D eigenvalue weighted by atomic mass is 10.2. The Morgan fingerprint density at radius 1 is 1.41 bits per heavy atom. The molecule has 0 unspecified atom stereocenters. The normalized spacial score (nSPS) is 11.4. The molecule has 1 aromatic carbocycles. The van der Waals surface area contributed by atoms with Gasteiger partial charge < -0.3 is 5.32 Å². The van der Waals surface area contributed by atoms with Crippen LogP contribution in [-0.2, 0) is 0 Å². The molecule has 7 heteroatoms. The fourth-order valence-corrected chi connectivity index (χ4v) is 1.22. The highest BCUT2D eigenvalue weighted by Gasteiger charge is 2.40. The molecule has 0 aliphatic rings. The summed E-state index contributed by atoms with van der Waals surface area (Å²) in [4.78, 5) is 0. The van der Waals surface area contributed by atoms with E-state index in [1.54, 1.807) is 6.07 Å². The first-order chi connectivity index (χ1) is 7.86. The van der Waals surface area contributed by atoms with Gasteiger partial charge in [0.25, 0.3) is 0 Å². The molecule has 0 radical (unpaired) electrons. The van der Waals surface area contributed by atoms with E-state index >= 15 is 0 Å². The number of hydrogen-bond donors (Lipinski definition) is 1. The summed E-state index contributed by atoms with van der Waals surface area (Å²) in [5.74, 6) is -4.16. The zero-order chi connectivity index (χ0) is 13.1. The highest BCUT2D eigenvalue weighted by Crippen LogP contribution is 2.25. The van der Waals surface area contributed by atoms with Gasteiger partial charge in [-0.1, -0.05) is 11.6 Å². The number of nitrogens with zero attached hydrogens (tertiary/aromatic N) is 1. The van der Waals surface area contributed by atoms with E-state index in [-0.39, 0.29) is 16.3 Å². The Morgan fingerprint density at radius 3 is 2.59 bits per heavy atom. The van der Waals surface area contributed by atoms with Gasteiger partial charge in [-0.25, -0.2) is 8.78 Å². The van der Waals surface area contributed by atoms with Crippen molar-refractivity contribution in [3.63, 3.8) is 0 Å². The van der Waals surface area contributed by atoms with E-state index < -0.39 is 18.9 Å².